The number of carbonyl (C=O) groups is 1. The molecule has 1 amide bonds. The molecule has 0 radical (unpaired) electrons. The Balaban J connectivity index is 1.55. The molecule has 1 aromatic heterocycles. The van der Waals surface area contributed by atoms with E-state index in [-0.39, 0.29) is 36.9 Å². The van der Waals surface area contributed by atoms with Crippen molar-refractivity contribution in [1.29, 1.82) is 0 Å². The van der Waals surface area contributed by atoms with Gasteiger partial charge in [-0.25, -0.2) is 9.37 Å². The number of nitrogens with two attached hydrogens (primary N) is 1. The third-order valence-electron chi connectivity index (χ3n) is 4.40. The zero-order valence-corrected chi connectivity index (χ0v) is 13.6. The van der Waals surface area contributed by atoms with Gasteiger partial charge in [-0.15, -0.1) is 0 Å². The Morgan fingerprint density at radius 1 is 1.42 bits per heavy atom. The summed E-state index contributed by atoms with van der Waals surface area (Å²) in [7, 11) is 1.87. The lowest BCUT2D eigenvalue weighted by Crippen LogP contribution is -2.34. The third-order valence-corrected chi connectivity index (χ3v) is 4.40. The molecule has 1 aliphatic rings. The van der Waals surface area contributed by atoms with Crippen LogP contribution in [-0.2, 0) is 23.2 Å². The van der Waals surface area contributed by atoms with Gasteiger partial charge in [0.1, 0.15) is 24.9 Å². The van der Waals surface area contributed by atoms with Crippen LogP contribution < -0.4 is 5.73 Å². The van der Waals surface area contributed by atoms with Gasteiger partial charge in [-0.3, -0.25) is 4.79 Å². The number of nitrogens with zero attached hydrogens (tertiary/aromatic N) is 3. The van der Waals surface area contributed by atoms with E-state index in [1.165, 1.54) is 6.07 Å². The lowest BCUT2D eigenvalue weighted by molar-refractivity contribution is -0.135. The van der Waals surface area contributed by atoms with Crippen molar-refractivity contribution in [3.63, 3.8) is 0 Å². The first kappa shape index (κ1) is 16.6. The van der Waals surface area contributed by atoms with Crippen molar-refractivity contribution in [1.82, 2.24) is 14.5 Å². The number of ether oxygens (including phenoxy) is 1. The summed E-state index contributed by atoms with van der Waals surface area (Å²) in [5.41, 5.74) is 6.68. The molecule has 1 aromatic carbocycles. The Hall–Kier alpha value is -2.25. The van der Waals surface area contributed by atoms with Crippen LogP contribution >= 0.6 is 0 Å². The highest BCUT2D eigenvalue weighted by Crippen LogP contribution is 2.28. The first-order valence-corrected chi connectivity index (χ1v) is 7.88. The number of benzene rings is 1. The minimum absolute atomic E-state index is 0.0381. The fourth-order valence-corrected chi connectivity index (χ4v) is 2.99. The Kier molecular flexibility index (Phi) is 4.92. The molecule has 0 unspecified atom stereocenters. The van der Waals surface area contributed by atoms with E-state index in [0.29, 0.717) is 18.7 Å². The monoisotopic (exact) mass is 332 g/mol. The van der Waals surface area contributed by atoms with Crippen LogP contribution in [0.5, 0.6) is 0 Å². The molecule has 0 bridgehead atoms. The number of likely N-dealkylation sites (tertiary alicyclic amines) is 1. The average molecular weight is 332 g/mol. The van der Waals surface area contributed by atoms with Crippen LogP contribution in [0.1, 0.15) is 17.3 Å². The van der Waals surface area contributed by atoms with Gasteiger partial charge in [-0.2, -0.15) is 0 Å². The fraction of sp³-hybridized carbons (Fsp3) is 0.412. The summed E-state index contributed by atoms with van der Waals surface area (Å²) in [6, 6.07) is 6.30. The molecule has 24 heavy (non-hydrogen) atoms. The second-order valence-electron chi connectivity index (χ2n) is 6.04. The topological polar surface area (TPSA) is 73.4 Å². The summed E-state index contributed by atoms with van der Waals surface area (Å²) >= 11 is 0. The zero-order chi connectivity index (χ0) is 17.1. The Labute approximate surface area is 140 Å². The van der Waals surface area contributed by atoms with Crippen molar-refractivity contribution in [3.8, 4) is 0 Å². The molecule has 2 N–H and O–H groups in total. The van der Waals surface area contributed by atoms with Crippen LogP contribution in [0.3, 0.4) is 0 Å². The quantitative estimate of drug-likeness (QED) is 0.887. The van der Waals surface area contributed by atoms with Crippen molar-refractivity contribution >= 4 is 5.91 Å². The second kappa shape index (κ2) is 7.11. The van der Waals surface area contributed by atoms with E-state index >= 15 is 0 Å². The minimum Gasteiger partial charge on any atom is -0.364 e. The number of hydrogen-bond acceptors (Lipinski definition) is 4. The van der Waals surface area contributed by atoms with E-state index in [4.69, 9.17) is 10.5 Å². The van der Waals surface area contributed by atoms with E-state index in [1.807, 2.05) is 17.8 Å². The first-order chi connectivity index (χ1) is 11.6. The molecule has 0 spiro atoms. The highest BCUT2D eigenvalue weighted by Gasteiger charge is 2.35. The summed E-state index contributed by atoms with van der Waals surface area (Å²) in [4.78, 5) is 18.1. The van der Waals surface area contributed by atoms with Gasteiger partial charge in [0.2, 0.25) is 5.91 Å². The third kappa shape index (κ3) is 3.47. The molecule has 1 saturated heterocycles. The molecular weight excluding hydrogens is 311 g/mol. The van der Waals surface area contributed by atoms with Gasteiger partial charge in [0.25, 0.3) is 0 Å². The Morgan fingerprint density at radius 3 is 2.92 bits per heavy atom. The summed E-state index contributed by atoms with van der Waals surface area (Å²) in [6.07, 6.45) is 3.50. The first-order valence-electron chi connectivity index (χ1n) is 7.88. The van der Waals surface area contributed by atoms with Crippen LogP contribution in [0.2, 0.25) is 0 Å². The van der Waals surface area contributed by atoms with E-state index in [0.717, 1.165) is 5.82 Å². The van der Waals surface area contributed by atoms with Gasteiger partial charge in [-0.1, -0.05) is 18.2 Å². The zero-order valence-electron chi connectivity index (χ0n) is 13.6. The van der Waals surface area contributed by atoms with Crippen LogP contribution in [0.4, 0.5) is 4.39 Å². The largest absolute Gasteiger partial charge is 0.364 e. The molecule has 0 aliphatic carbocycles. The molecule has 7 heteroatoms. The van der Waals surface area contributed by atoms with Crippen LogP contribution in [0.25, 0.3) is 0 Å². The normalized spacial score (nSPS) is 20.5. The van der Waals surface area contributed by atoms with Crippen LogP contribution in [-0.4, -0.2) is 46.1 Å². The van der Waals surface area contributed by atoms with Crippen molar-refractivity contribution in [2.45, 2.75) is 18.6 Å². The summed E-state index contributed by atoms with van der Waals surface area (Å²) in [5.74, 6) is 0.145. The smallest absolute Gasteiger partial charge is 0.248 e. The van der Waals surface area contributed by atoms with Gasteiger partial charge in [-0.05, 0) is 11.6 Å². The number of rotatable bonds is 5. The average Bonchev–Trinajstić information content (AvgIpc) is 3.14. The number of amides is 1. The maximum atomic E-state index is 13.9. The van der Waals surface area contributed by atoms with Gasteiger partial charge < -0.3 is 19.9 Å². The van der Waals surface area contributed by atoms with Crippen molar-refractivity contribution in [3.05, 3.63) is 53.9 Å². The van der Waals surface area contributed by atoms with Gasteiger partial charge in [0.15, 0.2) is 0 Å². The SMILES string of the molecule is Cn1ccnc1COCC(=O)N1C[C@@H](N)[C@H](c2ccccc2F)C1. The van der Waals surface area contributed by atoms with E-state index in [2.05, 4.69) is 4.98 Å². The highest BCUT2D eigenvalue weighted by atomic mass is 19.1. The number of hydrogen-bond donors (Lipinski definition) is 1. The van der Waals surface area contributed by atoms with Crippen molar-refractivity contribution in [2.75, 3.05) is 19.7 Å². The molecule has 2 atom stereocenters. The predicted octanol–water partition coefficient (Wildman–Crippen LogP) is 1.03. The number of imidazole rings is 1. The number of aryl methyl sites for hydroxylation is 1. The molecule has 0 saturated carbocycles. The van der Waals surface area contributed by atoms with Crippen molar-refractivity contribution < 1.29 is 13.9 Å². The van der Waals surface area contributed by atoms with Gasteiger partial charge in [0, 0.05) is 44.5 Å². The minimum atomic E-state index is -0.279. The van der Waals surface area contributed by atoms with Crippen molar-refractivity contribution in [2.24, 2.45) is 12.8 Å². The maximum absolute atomic E-state index is 13.9. The molecule has 6 nitrogen and oxygen atoms in total. The van der Waals surface area contributed by atoms with Crippen LogP contribution in [0.15, 0.2) is 36.7 Å². The molecule has 2 heterocycles. The van der Waals surface area contributed by atoms with Gasteiger partial charge >= 0.3 is 0 Å². The molecule has 1 fully saturated rings. The van der Waals surface area contributed by atoms with E-state index in [9.17, 15) is 9.18 Å². The summed E-state index contributed by atoms with van der Waals surface area (Å²) < 4.78 is 21.2. The Bertz CT molecular complexity index is 718. The fourth-order valence-electron chi connectivity index (χ4n) is 2.99. The standard InChI is InChI=1S/C17H21FN4O2/c1-21-7-6-20-16(21)10-24-11-17(23)22-8-13(15(19)9-22)12-4-2-3-5-14(12)18/h2-7,13,15H,8-11,19H2,1H3/t13-,15+/m0/s1. The molecule has 1 aliphatic heterocycles. The highest BCUT2D eigenvalue weighted by molar-refractivity contribution is 5.78. The molecule has 3 rings (SSSR count). The lowest BCUT2D eigenvalue weighted by atomic mass is 9.94. The Morgan fingerprint density at radius 2 is 2.21 bits per heavy atom. The predicted molar refractivity (Wildman–Crippen MR) is 86.6 cm³/mol. The molecular formula is C17H21FN4O2. The molecule has 128 valence electrons. The lowest BCUT2D eigenvalue weighted by Gasteiger charge is -2.17. The molecule has 2 aromatic rings. The van der Waals surface area contributed by atoms with E-state index in [1.54, 1.807) is 29.3 Å². The van der Waals surface area contributed by atoms with Crippen LogP contribution in [0, 0.1) is 5.82 Å². The summed E-state index contributed by atoms with van der Waals surface area (Å²) in [5, 5.41) is 0. The number of carbonyl (C=O) groups excluding carboxylic acids is 1. The number of aromatic nitrogens is 2. The number of halogens is 1. The second-order valence-corrected chi connectivity index (χ2v) is 6.04. The van der Waals surface area contributed by atoms with E-state index < -0.39 is 0 Å². The van der Waals surface area contributed by atoms with Gasteiger partial charge in [0.05, 0.1) is 0 Å². The summed E-state index contributed by atoms with van der Waals surface area (Å²) in [6.45, 7) is 1.05. The maximum Gasteiger partial charge on any atom is 0.248 e.